The van der Waals surface area contributed by atoms with Gasteiger partial charge in [0.1, 0.15) is 12.1 Å². The molecule has 5 nitrogen and oxygen atoms in total. The molecule has 0 bridgehead atoms. The number of aromatic nitrogens is 3. The van der Waals surface area contributed by atoms with E-state index in [0.29, 0.717) is 28.8 Å². The highest BCUT2D eigenvalue weighted by molar-refractivity contribution is 6.11. The number of anilines is 1. The van der Waals surface area contributed by atoms with Crippen molar-refractivity contribution >= 4 is 11.6 Å². The SMILES string of the molecule is C=C/C(=C\C)C1CC1Cn1ccc(C(=O)c2cncnc2NC)c1. The third kappa shape index (κ3) is 3.15. The van der Waals surface area contributed by atoms with Crippen LogP contribution in [0.1, 0.15) is 29.3 Å². The molecule has 24 heavy (non-hydrogen) atoms. The summed E-state index contributed by atoms with van der Waals surface area (Å²) in [6.07, 6.45) is 12.1. The van der Waals surface area contributed by atoms with Crippen molar-refractivity contribution in [3.8, 4) is 0 Å². The molecule has 0 saturated heterocycles. The fourth-order valence-electron chi connectivity index (χ4n) is 3.15. The predicted molar refractivity (Wildman–Crippen MR) is 95.0 cm³/mol. The van der Waals surface area contributed by atoms with Crippen LogP contribution in [-0.4, -0.2) is 27.4 Å². The number of nitrogens with zero attached hydrogens (tertiary/aromatic N) is 3. The Kier molecular flexibility index (Phi) is 4.60. The van der Waals surface area contributed by atoms with Gasteiger partial charge in [-0.25, -0.2) is 9.97 Å². The molecular formula is C19H22N4O. The molecule has 1 fully saturated rings. The van der Waals surface area contributed by atoms with Gasteiger partial charge in [-0.05, 0) is 36.8 Å². The van der Waals surface area contributed by atoms with E-state index in [1.54, 1.807) is 13.2 Å². The Bertz CT molecular complexity index is 790. The first kappa shape index (κ1) is 16.2. The third-order valence-corrected chi connectivity index (χ3v) is 4.57. The first-order valence-corrected chi connectivity index (χ1v) is 8.14. The van der Waals surface area contributed by atoms with Crippen LogP contribution in [0.2, 0.25) is 0 Å². The number of nitrogens with one attached hydrogen (secondary N) is 1. The van der Waals surface area contributed by atoms with Crippen molar-refractivity contribution in [2.45, 2.75) is 19.9 Å². The second kappa shape index (κ2) is 6.83. The summed E-state index contributed by atoms with van der Waals surface area (Å²) in [6, 6.07) is 1.86. The van der Waals surface area contributed by atoms with Crippen LogP contribution in [0, 0.1) is 11.8 Å². The summed E-state index contributed by atoms with van der Waals surface area (Å²) >= 11 is 0. The summed E-state index contributed by atoms with van der Waals surface area (Å²) in [5.74, 6) is 1.71. The van der Waals surface area contributed by atoms with Gasteiger partial charge in [0.2, 0.25) is 0 Å². The van der Waals surface area contributed by atoms with Crippen LogP contribution >= 0.6 is 0 Å². The summed E-state index contributed by atoms with van der Waals surface area (Å²) in [5, 5.41) is 2.93. The molecule has 1 aliphatic carbocycles. The van der Waals surface area contributed by atoms with Crippen LogP contribution in [0.3, 0.4) is 0 Å². The van der Waals surface area contributed by atoms with Gasteiger partial charge in [0.25, 0.3) is 0 Å². The number of carbonyl (C=O) groups excluding carboxylic acids is 1. The van der Waals surface area contributed by atoms with E-state index < -0.39 is 0 Å². The molecule has 3 rings (SSSR count). The van der Waals surface area contributed by atoms with Gasteiger partial charge in [-0.3, -0.25) is 4.79 Å². The summed E-state index contributed by atoms with van der Waals surface area (Å²) in [7, 11) is 1.75. The summed E-state index contributed by atoms with van der Waals surface area (Å²) in [6.45, 7) is 6.85. The maximum Gasteiger partial charge on any atom is 0.199 e. The fourth-order valence-corrected chi connectivity index (χ4v) is 3.15. The van der Waals surface area contributed by atoms with Crippen LogP contribution in [0.25, 0.3) is 0 Å². The van der Waals surface area contributed by atoms with E-state index in [1.807, 2.05) is 24.5 Å². The lowest BCUT2D eigenvalue weighted by molar-refractivity contribution is 0.103. The molecule has 1 N–H and O–H groups in total. The quantitative estimate of drug-likeness (QED) is 0.627. The monoisotopic (exact) mass is 322 g/mol. The lowest BCUT2D eigenvalue weighted by atomic mass is 10.1. The van der Waals surface area contributed by atoms with Crippen molar-refractivity contribution in [2.24, 2.45) is 11.8 Å². The molecule has 1 aliphatic rings. The minimum absolute atomic E-state index is 0.0636. The molecule has 0 aliphatic heterocycles. The topological polar surface area (TPSA) is 59.8 Å². The highest BCUT2D eigenvalue weighted by atomic mass is 16.1. The van der Waals surface area contributed by atoms with Crippen LogP contribution in [-0.2, 0) is 6.54 Å². The summed E-state index contributed by atoms with van der Waals surface area (Å²) in [4.78, 5) is 20.7. The number of hydrogen-bond donors (Lipinski definition) is 1. The van der Waals surface area contributed by atoms with E-state index in [9.17, 15) is 4.79 Å². The van der Waals surface area contributed by atoms with Crippen LogP contribution in [0.5, 0.6) is 0 Å². The first-order chi connectivity index (χ1) is 11.7. The van der Waals surface area contributed by atoms with Crippen LogP contribution in [0.15, 0.2) is 55.3 Å². The van der Waals surface area contributed by atoms with E-state index >= 15 is 0 Å². The molecule has 5 heteroatoms. The number of allylic oxidation sites excluding steroid dienone is 3. The van der Waals surface area contributed by atoms with Gasteiger partial charge in [-0.15, -0.1) is 0 Å². The second-order valence-corrected chi connectivity index (χ2v) is 6.06. The first-order valence-electron chi connectivity index (χ1n) is 8.14. The Morgan fingerprint density at radius 1 is 1.54 bits per heavy atom. The van der Waals surface area contributed by atoms with Crippen molar-refractivity contribution in [1.29, 1.82) is 0 Å². The van der Waals surface area contributed by atoms with Gasteiger partial charge in [-0.2, -0.15) is 0 Å². The Morgan fingerprint density at radius 2 is 2.38 bits per heavy atom. The van der Waals surface area contributed by atoms with Crippen molar-refractivity contribution in [2.75, 3.05) is 12.4 Å². The minimum atomic E-state index is -0.0636. The van der Waals surface area contributed by atoms with Gasteiger partial charge >= 0.3 is 0 Å². The molecule has 124 valence electrons. The van der Waals surface area contributed by atoms with Gasteiger partial charge < -0.3 is 9.88 Å². The van der Waals surface area contributed by atoms with E-state index in [-0.39, 0.29) is 5.78 Å². The molecule has 2 aromatic heterocycles. The second-order valence-electron chi connectivity index (χ2n) is 6.06. The van der Waals surface area contributed by atoms with Crippen molar-refractivity contribution in [1.82, 2.24) is 14.5 Å². The lowest BCUT2D eigenvalue weighted by Crippen LogP contribution is -2.07. The number of carbonyl (C=O) groups is 1. The maximum atomic E-state index is 12.7. The van der Waals surface area contributed by atoms with Gasteiger partial charge in [-0.1, -0.05) is 18.7 Å². The molecule has 2 unspecified atom stereocenters. The standard InChI is InChI=1S/C19H22N4O/c1-4-13(5-2)16-8-15(16)11-23-7-6-14(10-23)18(24)17-9-21-12-22-19(17)20-3/h4-7,9-10,12,15-16H,1,8,11H2,2-3H3,(H,20,21,22)/b13-5+. The minimum Gasteiger partial charge on any atom is -0.372 e. The Hall–Kier alpha value is -2.69. The fraction of sp³-hybridized carbons (Fsp3) is 0.316. The molecule has 0 aromatic carbocycles. The average molecular weight is 322 g/mol. The van der Waals surface area contributed by atoms with Gasteiger partial charge in [0.05, 0.1) is 5.56 Å². The van der Waals surface area contributed by atoms with Crippen molar-refractivity contribution in [3.63, 3.8) is 0 Å². The molecule has 1 saturated carbocycles. The summed E-state index contributed by atoms with van der Waals surface area (Å²) in [5.41, 5.74) is 2.47. The zero-order valence-electron chi connectivity index (χ0n) is 14.1. The van der Waals surface area contributed by atoms with Gasteiger partial charge in [0.15, 0.2) is 5.78 Å². The Morgan fingerprint density at radius 3 is 3.08 bits per heavy atom. The highest BCUT2D eigenvalue weighted by Crippen LogP contribution is 2.45. The molecule has 0 amide bonds. The molecule has 2 aromatic rings. The highest BCUT2D eigenvalue weighted by Gasteiger charge is 2.38. The summed E-state index contributed by atoms with van der Waals surface area (Å²) < 4.78 is 2.09. The van der Waals surface area contributed by atoms with Crippen molar-refractivity contribution in [3.05, 3.63) is 66.4 Å². The van der Waals surface area contributed by atoms with E-state index in [0.717, 1.165) is 6.54 Å². The van der Waals surface area contributed by atoms with E-state index in [1.165, 1.54) is 18.3 Å². The maximum absolute atomic E-state index is 12.7. The molecule has 0 radical (unpaired) electrons. The average Bonchev–Trinajstić information content (AvgIpc) is 3.19. The van der Waals surface area contributed by atoms with Crippen molar-refractivity contribution < 1.29 is 4.79 Å². The number of rotatable bonds is 7. The Balaban J connectivity index is 1.70. The third-order valence-electron chi connectivity index (χ3n) is 4.57. The number of ketones is 1. The molecular weight excluding hydrogens is 300 g/mol. The Labute approximate surface area is 142 Å². The van der Waals surface area contributed by atoms with Crippen LogP contribution in [0.4, 0.5) is 5.82 Å². The molecule has 2 heterocycles. The largest absolute Gasteiger partial charge is 0.372 e. The normalized spacial score (nSPS) is 19.8. The van der Waals surface area contributed by atoms with Crippen LogP contribution < -0.4 is 5.32 Å². The van der Waals surface area contributed by atoms with E-state index in [2.05, 4.69) is 39.4 Å². The van der Waals surface area contributed by atoms with Gasteiger partial charge in [0, 0.05) is 37.7 Å². The van der Waals surface area contributed by atoms with E-state index in [4.69, 9.17) is 0 Å². The molecule has 0 spiro atoms. The lowest BCUT2D eigenvalue weighted by Gasteiger charge is -2.05. The smallest absolute Gasteiger partial charge is 0.199 e. The predicted octanol–water partition coefficient (Wildman–Crippen LogP) is 3.32. The number of hydrogen-bond acceptors (Lipinski definition) is 4. The molecule has 2 atom stereocenters. The zero-order valence-corrected chi connectivity index (χ0v) is 14.1. The zero-order chi connectivity index (χ0) is 17.1.